The number of carbonyl (C=O) groups is 1. The second kappa shape index (κ2) is 4.99. The Morgan fingerprint density at radius 1 is 1.45 bits per heavy atom. The van der Waals surface area contributed by atoms with E-state index in [1.165, 1.54) is 4.90 Å². The first-order chi connectivity index (χ1) is 9.49. The molecule has 1 fully saturated rings. The van der Waals surface area contributed by atoms with Gasteiger partial charge in [0.25, 0.3) is 0 Å². The third-order valence-corrected chi connectivity index (χ3v) is 5.71. The molecule has 0 bridgehead atoms. The maximum absolute atomic E-state index is 13.0. The highest BCUT2D eigenvalue weighted by atomic mass is 32.2. The molecular formula is C16H22N2OS. The number of nitrogens with two attached hydrogens (primary N) is 1. The van der Waals surface area contributed by atoms with Gasteiger partial charge in [0.1, 0.15) is 0 Å². The monoisotopic (exact) mass is 290 g/mol. The molecule has 1 amide bonds. The Hall–Kier alpha value is -1.16. The van der Waals surface area contributed by atoms with Gasteiger partial charge in [-0.3, -0.25) is 4.79 Å². The molecule has 108 valence electrons. The predicted molar refractivity (Wildman–Crippen MR) is 85.1 cm³/mol. The number of fused-ring (bicyclic) bond motifs is 1. The summed E-state index contributed by atoms with van der Waals surface area (Å²) >= 11 is 1.81. The van der Waals surface area contributed by atoms with E-state index in [0.717, 1.165) is 42.9 Å². The van der Waals surface area contributed by atoms with E-state index in [-0.39, 0.29) is 11.3 Å². The zero-order valence-electron chi connectivity index (χ0n) is 12.2. The minimum Gasteiger partial charge on any atom is -0.399 e. The van der Waals surface area contributed by atoms with Crippen LogP contribution in [0.25, 0.3) is 0 Å². The van der Waals surface area contributed by atoms with Crippen molar-refractivity contribution in [1.82, 2.24) is 0 Å². The van der Waals surface area contributed by atoms with Gasteiger partial charge in [-0.2, -0.15) is 0 Å². The maximum atomic E-state index is 13.0. The van der Waals surface area contributed by atoms with E-state index in [2.05, 4.69) is 13.8 Å². The van der Waals surface area contributed by atoms with Crippen LogP contribution >= 0.6 is 11.8 Å². The fraction of sp³-hybridized carbons (Fsp3) is 0.562. The molecule has 1 aliphatic carbocycles. The topological polar surface area (TPSA) is 46.3 Å². The molecule has 0 saturated heterocycles. The fourth-order valence-electron chi connectivity index (χ4n) is 3.44. The summed E-state index contributed by atoms with van der Waals surface area (Å²) in [5.41, 5.74) is 7.77. The number of anilines is 2. The van der Waals surface area contributed by atoms with Crippen LogP contribution < -0.4 is 10.6 Å². The number of benzene rings is 1. The molecule has 0 radical (unpaired) electrons. The Morgan fingerprint density at radius 2 is 2.25 bits per heavy atom. The molecular weight excluding hydrogens is 268 g/mol. The number of thioether (sulfide) groups is 1. The van der Waals surface area contributed by atoms with Crippen LogP contribution in [0.4, 0.5) is 11.4 Å². The van der Waals surface area contributed by atoms with Crippen LogP contribution in [0.15, 0.2) is 23.1 Å². The Balaban J connectivity index is 1.92. The highest BCUT2D eigenvalue weighted by Crippen LogP contribution is 2.45. The summed E-state index contributed by atoms with van der Waals surface area (Å²) in [4.78, 5) is 16.1. The summed E-state index contributed by atoms with van der Waals surface area (Å²) in [6.07, 6.45) is 3.33. The van der Waals surface area contributed by atoms with E-state index in [0.29, 0.717) is 5.91 Å². The van der Waals surface area contributed by atoms with Crippen molar-refractivity contribution in [2.75, 3.05) is 22.9 Å². The zero-order valence-corrected chi connectivity index (χ0v) is 13.0. The van der Waals surface area contributed by atoms with Gasteiger partial charge < -0.3 is 10.6 Å². The molecule has 3 rings (SSSR count). The lowest BCUT2D eigenvalue weighted by Crippen LogP contribution is -2.42. The van der Waals surface area contributed by atoms with Crippen LogP contribution in [0.5, 0.6) is 0 Å². The molecule has 0 spiro atoms. The fourth-order valence-corrected chi connectivity index (χ4v) is 4.41. The van der Waals surface area contributed by atoms with Gasteiger partial charge in [0.2, 0.25) is 5.91 Å². The largest absolute Gasteiger partial charge is 0.399 e. The Labute approximate surface area is 124 Å². The summed E-state index contributed by atoms with van der Waals surface area (Å²) in [5.74, 6) is 1.41. The first-order valence-corrected chi connectivity index (χ1v) is 8.31. The normalized spacial score (nSPS) is 24.5. The molecule has 1 heterocycles. The average Bonchev–Trinajstić information content (AvgIpc) is 2.77. The quantitative estimate of drug-likeness (QED) is 0.805. The van der Waals surface area contributed by atoms with Crippen molar-refractivity contribution in [3.8, 4) is 0 Å². The predicted octanol–water partition coefficient (Wildman–Crippen LogP) is 3.53. The number of nitrogens with zero attached hydrogens (tertiary/aromatic N) is 1. The van der Waals surface area contributed by atoms with Gasteiger partial charge >= 0.3 is 0 Å². The summed E-state index contributed by atoms with van der Waals surface area (Å²) in [7, 11) is 0. The van der Waals surface area contributed by atoms with Gasteiger partial charge in [0.15, 0.2) is 0 Å². The average molecular weight is 290 g/mol. The molecule has 1 aromatic carbocycles. The minimum atomic E-state index is 0.127. The second-order valence-electron chi connectivity index (χ2n) is 6.50. The zero-order chi connectivity index (χ0) is 14.3. The summed E-state index contributed by atoms with van der Waals surface area (Å²) in [6.45, 7) is 5.25. The Morgan fingerprint density at radius 3 is 2.95 bits per heavy atom. The summed E-state index contributed by atoms with van der Waals surface area (Å²) in [5, 5.41) is 0. The van der Waals surface area contributed by atoms with Crippen molar-refractivity contribution < 1.29 is 4.79 Å². The second-order valence-corrected chi connectivity index (χ2v) is 7.64. The number of hydrogen-bond acceptors (Lipinski definition) is 3. The van der Waals surface area contributed by atoms with Crippen LogP contribution in [0.3, 0.4) is 0 Å². The lowest BCUT2D eigenvalue weighted by Gasteiger charge is -2.35. The van der Waals surface area contributed by atoms with Gasteiger partial charge in [0.05, 0.1) is 5.69 Å². The van der Waals surface area contributed by atoms with Gasteiger partial charge in [-0.1, -0.05) is 20.3 Å². The number of hydrogen-bond donors (Lipinski definition) is 1. The van der Waals surface area contributed by atoms with E-state index < -0.39 is 0 Å². The molecule has 1 aromatic rings. The summed E-state index contributed by atoms with van der Waals surface area (Å²) in [6, 6.07) is 5.90. The number of amides is 1. The van der Waals surface area contributed by atoms with E-state index in [9.17, 15) is 4.79 Å². The van der Waals surface area contributed by atoms with Gasteiger partial charge in [-0.05, 0) is 36.5 Å². The van der Waals surface area contributed by atoms with E-state index in [1.54, 1.807) is 0 Å². The van der Waals surface area contributed by atoms with Crippen LogP contribution in [0.1, 0.15) is 33.1 Å². The number of nitrogen functional groups attached to an aromatic ring is 1. The third kappa shape index (κ3) is 2.30. The van der Waals surface area contributed by atoms with E-state index >= 15 is 0 Å². The van der Waals surface area contributed by atoms with Crippen LogP contribution in [-0.2, 0) is 4.79 Å². The van der Waals surface area contributed by atoms with Crippen LogP contribution in [0, 0.1) is 11.3 Å². The lowest BCUT2D eigenvalue weighted by molar-refractivity contribution is -0.124. The van der Waals surface area contributed by atoms with Crippen molar-refractivity contribution in [3.05, 3.63) is 18.2 Å². The highest BCUT2D eigenvalue weighted by molar-refractivity contribution is 7.99. The van der Waals surface area contributed by atoms with Crippen molar-refractivity contribution >= 4 is 29.0 Å². The standard InChI is InChI=1S/C16H22N2OS/c1-16(2)7-3-4-12(16)15(19)18-8-9-20-14-6-5-11(17)10-13(14)18/h5-6,10,12H,3-4,7-9,17H2,1-2H3. The number of carbonyl (C=O) groups excluding carboxylic acids is 1. The third-order valence-electron chi connectivity index (χ3n) is 4.67. The van der Waals surface area contributed by atoms with E-state index in [4.69, 9.17) is 5.73 Å². The van der Waals surface area contributed by atoms with Crippen LogP contribution in [-0.4, -0.2) is 18.2 Å². The van der Waals surface area contributed by atoms with Gasteiger partial charge in [-0.15, -0.1) is 11.8 Å². The lowest BCUT2D eigenvalue weighted by atomic mass is 9.81. The molecule has 1 saturated carbocycles. The first-order valence-electron chi connectivity index (χ1n) is 7.33. The Kier molecular flexibility index (Phi) is 3.44. The maximum Gasteiger partial charge on any atom is 0.230 e. The van der Waals surface area contributed by atoms with Crippen LogP contribution in [0.2, 0.25) is 0 Å². The van der Waals surface area contributed by atoms with Crippen molar-refractivity contribution in [3.63, 3.8) is 0 Å². The SMILES string of the molecule is CC1(C)CCCC1C(=O)N1CCSc2ccc(N)cc21. The molecule has 0 aromatic heterocycles. The molecule has 1 aliphatic heterocycles. The number of rotatable bonds is 1. The molecule has 1 atom stereocenters. The van der Waals surface area contributed by atoms with Crippen molar-refractivity contribution in [2.24, 2.45) is 11.3 Å². The Bertz CT molecular complexity index is 541. The molecule has 4 heteroatoms. The van der Waals surface area contributed by atoms with Crippen molar-refractivity contribution in [2.45, 2.75) is 38.0 Å². The molecule has 2 aliphatic rings. The van der Waals surface area contributed by atoms with E-state index in [1.807, 2.05) is 34.9 Å². The molecule has 20 heavy (non-hydrogen) atoms. The molecule has 1 unspecified atom stereocenters. The minimum absolute atomic E-state index is 0.127. The molecule has 3 nitrogen and oxygen atoms in total. The van der Waals surface area contributed by atoms with Crippen molar-refractivity contribution in [1.29, 1.82) is 0 Å². The molecule has 2 N–H and O–H groups in total. The smallest absolute Gasteiger partial charge is 0.230 e. The van der Waals surface area contributed by atoms with Gasteiger partial charge in [-0.25, -0.2) is 0 Å². The van der Waals surface area contributed by atoms with Gasteiger partial charge in [0, 0.05) is 28.8 Å². The first kappa shape index (κ1) is 13.8. The highest BCUT2D eigenvalue weighted by Gasteiger charge is 2.42. The summed E-state index contributed by atoms with van der Waals surface area (Å²) < 4.78 is 0.